The molecule has 0 fully saturated rings. The number of carbonyl (C=O) groups excluding carboxylic acids is 2. The Morgan fingerprint density at radius 1 is 0.926 bits per heavy atom. The number of sulfonamides is 1. The van der Waals surface area contributed by atoms with E-state index in [2.05, 4.69) is 15.5 Å². The highest BCUT2D eigenvalue weighted by molar-refractivity contribution is 7.89. The van der Waals surface area contributed by atoms with Gasteiger partial charge in [0.2, 0.25) is 15.9 Å². The first-order valence-electron chi connectivity index (χ1n) is 8.19. The molecule has 0 saturated carbocycles. The molecule has 0 radical (unpaired) electrons. The summed E-state index contributed by atoms with van der Waals surface area (Å²) in [5.41, 5.74) is 4.31. The molecule has 3 N–H and O–H groups in total. The normalized spacial score (nSPS) is 10.9. The number of hydrogen-bond acceptors (Lipinski definition) is 5. The molecule has 0 aliphatic carbocycles. The molecule has 8 nitrogen and oxygen atoms in total. The molecule has 0 spiro atoms. The van der Waals surface area contributed by atoms with Gasteiger partial charge in [0.05, 0.1) is 23.7 Å². The van der Waals surface area contributed by atoms with E-state index >= 15 is 0 Å². The van der Waals surface area contributed by atoms with Gasteiger partial charge in [-0.1, -0.05) is 35.9 Å². The third-order valence-electron chi connectivity index (χ3n) is 3.64. The number of amides is 2. The van der Waals surface area contributed by atoms with E-state index in [-0.39, 0.29) is 11.4 Å². The minimum absolute atomic E-state index is 0.0723. The van der Waals surface area contributed by atoms with Crippen molar-refractivity contribution in [1.29, 1.82) is 0 Å². The van der Waals surface area contributed by atoms with Crippen LogP contribution in [0.3, 0.4) is 0 Å². The van der Waals surface area contributed by atoms with Gasteiger partial charge in [0.15, 0.2) is 0 Å². The third kappa shape index (κ3) is 6.39. The van der Waals surface area contributed by atoms with Gasteiger partial charge in [0.25, 0.3) is 5.91 Å². The fourth-order valence-corrected chi connectivity index (χ4v) is 3.13. The topological polar surface area (TPSA) is 108 Å². The second-order valence-corrected chi connectivity index (χ2v) is 7.61. The molecule has 0 heterocycles. The summed E-state index contributed by atoms with van der Waals surface area (Å²) in [4.78, 5) is 23.8. The minimum atomic E-state index is -3.79. The van der Waals surface area contributed by atoms with Gasteiger partial charge in [-0.25, -0.2) is 13.1 Å². The maximum absolute atomic E-state index is 12.1. The van der Waals surface area contributed by atoms with Gasteiger partial charge in [-0.05, 0) is 31.2 Å². The molecule has 2 amide bonds. The van der Waals surface area contributed by atoms with Crippen LogP contribution >= 0.6 is 0 Å². The van der Waals surface area contributed by atoms with Crippen LogP contribution in [0.25, 0.3) is 0 Å². The molecule has 0 aromatic heterocycles. The SMILES string of the molecule is Cc1ccc(S(=O)(=O)NCC(=O)NCC(=O)NN(C)c2ccccc2)cc1. The molecule has 144 valence electrons. The molecule has 2 aromatic rings. The maximum atomic E-state index is 12.1. The van der Waals surface area contributed by atoms with Crippen molar-refractivity contribution in [2.24, 2.45) is 0 Å². The van der Waals surface area contributed by atoms with E-state index in [0.717, 1.165) is 11.3 Å². The number of rotatable bonds is 8. The van der Waals surface area contributed by atoms with Gasteiger partial charge in [-0.15, -0.1) is 0 Å². The molecule has 0 aliphatic rings. The number of carbonyl (C=O) groups is 2. The first-order chi connectivity index (χ1) is 12.8. The van der Waals surface area contributed by atoms with Gasteiger partial charge in [-0.2, -0.15) is 0 Å². The van der Waals surface area contributed by atoms with Crippen molar-refractivity contribution < 1.29 is 18.0 Å². The second-order valence-electron chi connectivity index (χ2n) is 5.84. The minimum Gasteiger partial charge on any atom is -0.346 e. The average Bonchev–Trinajstić information content (AvgIpc) is 2.66. The van der Waals surface area contributed by atoms with Gasteiger partial charge in [0.1, 0.15) is 0 Å². The summed E-state index contributed by atoms with van der Waals surface area (Å²) in [6.07, 6.45) is 0. The van der Waals surface area contributed by atoms with Crippen LogP contribution in [0.15, 0.2) is 59.5 Å². The number of hydrazine groups is 1. The number of benzene rings is 2. The van der Waals surface area contributed by atoms with Crippen molar-refractivity contribution >= 4 is 27.5 Å². The number of anilines is 1. The van der Waals surface area contributed by atoms with Gasteiger partial charge >= 0.3 is 0 Å². The lowest BCUT2D eigenvalue weighted by atomic mass is 10.2. The Hall–Kier alpha value is -2.91. The summed E-state index contributed by atoms with van der Waals surface area (Å²) >= 11 is 0. The highest BCUT2D eigenvalue weighted by Gasteiger charge is 2.15. The summed E-state index contributed by atoms with van der Waals surface area (Å²) < 4.78 is 26.4. The monoisotopic (exact) mass is 390 g/mol. The summed E-state index contributed by atoms with van der Waals surface area (Å²) in [5, 5.41) is 3.89. The van der Waals surface area contributed by atoms with E-state index in [4.69, 9.17) is 0 Å². The molecule has 0 aliphatic heterocycles. The fourth-order valence-electron chi connectivity index (χ4n) is 2.15. The van der Waals surface area contributed by atoms with Gasteiger partial charge in [0, 0.05) is 7.05 Å². The highest BCUT2D eigenvalue weighted by atomic mass is 32.2. The molecule has 0 saturated heterocycles. The van der Waals surface area contributed by atoms with Crippen molar-refractivity contribution in [3.05, 3.63) is 60.2 Å². The lowest BCUT2D eigenvalue weighted by Gasteiger charge is -2.20. The second kappa shape index (κ2) is 9.15. The number of aryl methyl sites for hydroxylation is 1. The van der Waals surface area contributed by atoms with E-state index in [0.29, 0.717) is 0 Å². The molecule has 0 unspecified atom stereocenters. The van der Waals surface area contributed by atoms with E-state index in [9.17, 15) is 18.0 Å². The van der Waals surface area contributed by atoms with Crippen molar-refractivity contribution in [3.63, 3.8) is 0 Å². The number of nitrogens with one attached hydrogen (secondary N) is 3. The summed E-state index contributed by atoms with van der Waals surface area (Å²) in [6.45, 7) is 1.11. The smallest absolute Gasteiger partial charge is 0.257 e. The lowest BCUT2D eigenvalue weighted by Crippen LogP contribution is -2.46. The van der Waals surface area contributed by atoms with Crippen LogP contribution < -0.4 is 20.5 Å². The van der Waals surface area contributed by atoms with Crippen LogP contribution in [0.5, 0.6) is 0 Å². The molecule has 2 aromatic carbocycles. The molecule has 9 heteroatoms. The third-order valence-corrected chi connectivity index (χ3v) is 5.05. The Kier molecular flexibility index (Phi) is 6.91. The van der Waals surface area contributed by atoms with Crippen molar-refractivity contribution in [2.45, 2.75) is 11.8 Å². The maximum Gasteiger partial charge on any atom is 0.257 e. The Morgan fingerprint density at radius 2 is 1.56 bits per heavy atom. The van der Waals surface area contributed by atoms with Crippen LogP contribution in [0.4, 0.5) is 5.69 Å². The van der Waals surface area contributed by atoms with E-state index < -0.39 is 28.4 Å². The zero-order chi connectivity index (χ0) is 19.9. The summed E-state index contributed by atoms with van der Waals surface area (Å²) in [5.74, 6) is -1.04. The molecule has 0 atom stereocenters. The van der Waals surface area contributed by atoms with Crippen LogP contribution in [0, 0.1) is 6.92 Å². The van der Waals surface area contributed by atoms with E-state index in [1.807, 2.05) is 37.3 Å². The number of hydrogen-bond donors (Lipinski definition) is 3. The van der Waals surface area contributed by atoms with Crippen molar-refractivity contribution in [1.82, 2.24) is 15.5 Å². The molecule has 0 bridgehead atoms. The highest BCUT2D eigenvalue weighted by Crippen LogP contribution is 2.09. The van der Waals surface area contributed by atoms with Crippen LogP contribution in [0.2, 0.25) is 0 Å². The zero-order valence-electron chi connectivity index (χ0n) is 15.1. The molecular weight excluding hydrogens is 368 g/mol. The van der Waals surface area contributed by atoms with Crippen LogP contribution in [0.1, 0.15) is 5.56 Å². The largest absolute Gasteiger partial charge is 0.346 e. The Balaban J connectivity index is 1.77. The summed E-state index contributed by atoms with van der Waals surface area (Å²) in [7, 11) is -2.11. The van der Waals surface area contributed by atoms with Gasteiger partial charge in [-0.3, -0.25) is 20.0 Å². The Morgan fingerprint density at radius 3 is 2.19 bits per heavy atom. The quantitative estimate of drug-likeness (QED) is 0.571. The number of para-hydroxylation sites is 1. The van der Waals surface area contributed by atoms with E-state index in [1.165, 1.54) is 17.1 Å². The predicted molar refractivity (Wildman–Crippen MR) is 102 cm³/mol. The van der Waals surface area contributed by atoms with Crippen molar-refractivity contribution in [2.75, 3.05) is 25.1 Å². The Bertz CT molecular complexity index is 883. The fraction of sp³-hybridized carbons (Fsp3) is 0.222. The molecular formula is C18H22N4O4S. The first kappa shape index (κ1) is 20.4. The van der Waals surface area contributed by atoms with Crippen LogP contribution in [-0.4, -0.2) is 40.4 Å². The van der Waals surface area contributed by atoms with Crippen molar-refractivity contribution in [3.8, 4) is 0 Å². The zero-order valence-corrected chi connectivity index (χ0v) is 15.9. The standard InChI is InChI=1S/C18H22N4O4S/c1-14-8-10-16(11-9-14)27(25,26)20-13-17(23)19-12-18(24)21-22(2)15-6-4-3-5-7-15/h3-11,20H,12-13H2,1-2H3,(H,19,23)(H,21,24). The predicted octanol–water partition coefficient (Wildman–Crippen LogP) is 0.557. The van der Waals surface area contributed by atoms with Gasteiger partial charge < -0.3 is 5.32 Å². The van der Waals surface area contributed by atoms with Crippen LogP contribution in [-0.2, 0) is 19.6 Å². The van der Waals surface area contributed by atoms with E-state index in [1.54, 1.807) is 19.2 Å². The average molecular weight is 390 g/mol. The first-order valence-corrected chi connectivity index (χ1v) is 9.67. The number of nitrogens with zero attached hydrogens (tertiary/aromatic N) is 1. The molecule has 27 heavy (non-hydrogen) atoms. The Labute approximate surface area is 158 Å². The molecule has 2 rings (SSSR count). The lowest BCUT2D eigenvalue weighted by molar-refractivity contribution is -0.125. The summed E-state index contributed by atoms with van der Waals surface area (Å²) in [6, 6.07) is 15.4.